The fourth-order valence-electron chi connectivity index (χ4n) is 2.53. The molecule has 0 atom stereocenters. The van der Waals surface area contributed by atoms with E-state index < -0.39 is 41.8 Å². The molecule has 0 aliphatic carbocycles. The number of hydrogen-bond acceptors (Lipinski definition) is 5. The molecule has 30 heavy (non-hydrogen) atoms. The van der Waals surface area contributed by atoms with Crippen LogP contribution in [0.3, 0.4) is 0 Å². The maximum absolute atomic E-state index is 12.8. The molecular formula is C20H28BF3N2O4. The van der Waals surface area contributed by atoms with E-state index in [9.17, 15) is 18.0 Å². The Hall–Kier alpha value is -2.07. The van der Waals surface area contributed by atoms with Crippen LogP contribution in [0.25, 0.3) is 6.08 Å². The third kappa shape index (κ3) is 6.22. The highest BCUT2D eigenvalue weighted by atomic mass is 19.4. The molecular weight excluding hydrogens is 400 g/mol. The summed E-state index contributed by atoms with van der Waals surface area (Å²) in [4.78, 5) is 15.9. The first-order valence-corrected chi connectivity index (χ1v) is 9.56. The summed E-state index contributed by atoms with van der Waals surface area (Å²) in [5.74, 6) is 0. The van der Waals surface area contributed by atoms with Gasteiger partial charge in [-0.25, -0.2) is 4.79 Å². The third-order valence-corrected chi connectivity index (χ3v) is 4.84. The van der Waals surface area contributed by atoms with Gasteiger partial charge in [0.2, 0.25) is 0 Å². The third-order valence-electron chi connectivity index (χ3n) is 4.84. The summed E-state index contributed by atoms with van der Waals surface area (Å²) in [6, 6.07) is 2.20. The van der Waals surface area contributed by atoms with Crippen LogP contribution in [0.5, 0.6) is 0 Å². The fourth-order valence-corrected chi connectivity index (χ4v) is 2.53. The molecule has 1 aromatic rings. The lowest BCUT2D eigenvalue weighted by atomic mass is 9.77. The van der Waals surface area contributed by atoms with Gasteiger partial charge in [-0.15, -0.1) is 0 Å². The maximum atomic E-state index is 12.8. The number of nitrogens with one attached hydrogen (secondary N) is 1. The molecule has 0 unspecified atom stereocenters. The molecule has 0 saturated carbocycles. The summed E-state index contributed by atoms with van der Waals surface area (Å²) in [6.07, 6.45) is -2.80. The van der Waals surface area contributed by atoms with E-state index >= 15 is 0 Å². The molecule has 2 heterocycles. The number of carbonyl (C=O) groups excluding carboxylic acids is 1. The van der Waals surface area contributed by atoms with Crippen molar-refractivity contribution in [3.05, 3.63) is 35.1 Å². The lowest BCUT2D eigenvalue weighted by Crippen LogP contribution is -2.41. The van der Waals surface area contributed by atoms with Gasteiger partial charge in [0.25, 0.3) is 0 Å². The molecule has 166 valence electrons. The molecule has 1 aromatic heterocycles. The van der Waals surface area contributed by atoms with E-state index in [4.69, 9.17) is 14.0 Å². The molecule has 1 fully saturated rings. The second-order valence-electron chi connectivity index (χ2n) is 9.13. The molecule has 0 bridgehead atoms. The summed E-state index contributed by atoms with van der Waals surface area (Å²) >= 11 is 0. The maximum Gasteiger partial charge on any atom is 0.492 e. The first kappa shape index (κ1) is 24.2. The molecule has 1 N–H and O–H groups in total. The van der Waals surface area contributed by atoms with Crippen molar-refractivity contribution in [1.82, 2.24) is 10.3 Å². The van der Waals surface area contributed by atoms with Crippen LogP contribution in [0.2, 0.25) is 0 Å². The lowest BCUT2D eigenvalue weighted by Gasteiger charge is -2.32. The smallest absolute Gasteiger partial charge is 0.444 e. The quantitative estimate of drug-likeness (QED) is 0.708. The monoisotopic (exact) mass is 428 g/mol. The van der Waals surface area contributed by atoms with Gasteiger partial charge in [-0.1, -0.05) is 0 Å². The summed E-state index contributed by atoms with van der Waals surface area (Å²) in [7, 11) is -0.811. The predicted octanol–water partition coefficient (Wildman–Crippen LogP) is 4.64. The number of halogens is 3. The number of rotatable bonds is 4. The van der Waals surface area contributed by atoms with Crippen molar-refractivity contribution >= 4 is 19.3 Å². The van der Waals surface area contributed by atoms with Crippen LogP contribution >= 0.6 is 0 Å². The van der Waals surface area contributed by atoms with Crippen molar-refractivity contribution in [2.45, 2.75) is 71.4 Å². The van der Waals surface area contributed by atoms with Gasteiger partial charge in [0.15, 0.2) is 0 Å². The van der Waals surface area contributed by atoms with Crippen molar-refractivity contribution in [3.63, 3.8) is 0 Å². The number of aromatic nitrogens is 1. The van der Waals surface area contributed by atoms with Gasteiger partial charge in [-0.2, -0.15) is 13.2 Å². The number of alkyl halides is 3. The van der Waals surface area contributed by atoms with Gasteiger partial charge in [0.1, 0.15) is 5.60 Å². The molecule has 6 nitrogen and oxygen atoms in total. The zero-order valence-corrected chi connectivity index (χ0v) is 18.3. The number of amides is 1. The molecule has 1 aliphatic heterocycles. The predicted molar refractivity (Wildman–Crippen MR) is 108 cm³/mol. The average Bonchev–Trinajstić information content (AvgIpc) is 2.77. The van der Waals surface area contributed by atoms with E-state index in [1.54, 1.807) is 26.8 Å². The molecule has 1 amide bonds. The summed E-state index contributed by atoms with van der Waals surface area (Å²) < 4.78 is 55.6. The zero-order chi connectivity index (χ0) is 23.0. The number of carbonyl (C=O) groups is 1. The normalized spacial score (nSPS) is 19.0. The number of pyridine rings is 1. The van der Waals surface area contributed by atoms with Crippen molar-refractivity contribution < 1.29 is 32.0 Å². The first-order chi connectivity index (χ1) is 13.5. The van der Waals surface area contributed by atoms with Gasteiger partial charge in [-0.3, -0.25) is 4.98 Å². The SMILES string of the molecule is CC(C)(C)OC(=O)NCC(=Cc1ccc(C(F)(F)F)cn1)B1OC(C)(C)C(C)(C)O1. The topological polar surface area (TPSA) is 69.7 Å². The van der Waals surface area contributed by atoms with Gasteiger partial charge >= 0.3 is 19.4 Å². The van der Waals surface area contributed by atoms with E-state index in [1.165, 1.54) is 6.07 Å². The van der Waals surface area contributed by atoms with Crippen molar-refractivity contribution in [2.24, 2.45) is 0 Å². The second-order valence-corrected chi connectivity index (χ2v) is 9.13. The minimum absolute atomic E-state index is 0.00838. The molecule has 0 aromatic carbocycles. The lowest BCUT2D eigenvalue weighted by molar-refractivity contribution is -0.137. The highest BCUT2D eigenvalue weighted by Gasteiger charge is 2.52. The van der Waals surface area contributed by atoms with Crippen LogP contribution in [0.1, 0.15) is 59.7 Å². The molecule has 0 radical (unpaired) electrons. The number of hydrogen-bond donors (Lipinski definition) is 1. The zero-order valence-electron chi connectivity index (χ0n) is 18.3. The minimum atomic E-state index is -4.47. The summed E-state index contributed by atoms with van der Waals surface area (Å²) in [6.45, 7) is 12.7. The van der Waals surface area contributed by atoms with E-state index in [-0.39, 0.29) is 12.2 Å². The van der Waals surface area contributed by atoms with Gasteiger partial charge in [-0.05, 0) is 72.1 Å². The number of ether oxygens (including phenoxy) is 1. The molecule has 10 heteroatoms. The Morgan fingerprint density at radius 2 is 1.73 bits per heavy atom. The van der Waals surface area contributed by atoms with Gasteiger partial charge in [0.05, 0.1) is 22.5 Å². The van der Waals surface area contributed by atoms with E-state index in [1.807, 2.05) is 27.7 Å². The van der Waals surface area contributed by atoms with Crippen LogP contribution in [0.4, 0.5) is 18.0 Å². The molecule has 0 spiro atoms. The van der Waals surface area contributed by atoms with E-state index in [0.29, 0.717) is 5.47 Å². The van der Waals surface area contributed by atoms with E-state index in [2.05, 4.69) is 10.3 Å². The van der Waals surface area contributed by atoms with Gasteiger partial charge in [0, 0.05) is 12.7 Å². The summed E-state index contributed by atoms with van der Waals surface area (Å²) in [5, 5.41) is 2.63. The number of nitrogens with zero attached hydrogens (tertiary/aromatic N) is 1. The van der Waals surface area contributed by atoms with Crippen molar-refractivity contribution in [1.29, 1.82) is 0 Å². The standard InChI is InChI=1S/C20H28BF3N2O4/c1-17(2,3)28-16(27)26-12-14(21-29-18(4,5)19(6,7)30-21)10-15-9-8-13(11-25-15)20(22,23)24/h8-11H,12H2,1-7H3,(H,26,27). The minimum Gasteiger partial charge on any atom is -0.444 e. The Labute approximate surface area is 175 Å². The Morgan fingerprint density at radius 3 is 2.17 bits per heavy atom. The van der Waals surface area contributed by atoms with Crippen molar-refractivity contribution in [3.8, 4) is 0 Å². The van der Waals surface area contributed by atoms with E-state index in [0.717, 1.165) is 12.3 Å². The van der Waals surface area contributed by atoms with Crippen LogP contribution in [-0.4, -0.2) is 41.5 Å². The Morgan fingerprint density at radius 1 is 1.17 bits per heavy atom. The van der Waals surface area contributed by atoms with Crippen molar-refractivity contribution in [2.75, 3.05) is 6.54 Å². The van der Waals surface area contributed by atoms with Crippen LogP contribution in [-0.2, 0) is 20.2 Å². The van der Waals surface area contributed by atoms with Crippen LogP contribution in [0.15, 0.2) is 23.8 Å². The Kier molecular flexibility index (Phi) is 6.64. The Balaban J connectivity index is 2.27. The largest absolute Gasteiger partial charge is 0.492 e. The molecule has 2 rings (SSSR count). The number of alkyl carbamates (subject to hydrolysis) is 1. The second kappa shape index (κ2) is 8.22. The summed E-state index contributed by atoms with van der Waals surface area (Å²) in [5.41, 5.74) is -2.01. The molecule has 1 aliphatic rings. The fraction of sp³-hybridized carbons (Fsp3) is 0.600. The van der Waals surface area contributed by atoms with Gasteiger partial charge < -0.3 is 19.4 Å². The molecule has 1 saturated heterocycles. The average molecular weight is 428 g/mol. The highest BCUT2D eigenvalue weighted by Crippen LogP contribution is 2.38. The van der Waals surface area contributed by atoms with Crippen LogP contribution < -0.4 is 5.32 Å². The Bertz CT molecular complexity index is 784. The van der Waals surface area contributed by atoms with Crippen LogP contribution in [0, 0.1) is 0 Å². The first-order valence-electron chi connectivity index (χ1n) is 9.56. The highest BCUT2D eigenvalue weighted by molar-refractivity contribution is 6.56.